The number of nitrogens with zero attached hydrogens (tertiary/aromatic N) is 3. The number of anilines is 1. The van der Waals surface area contributed by atoms with Gasteiger partial charge in [-0.25, -0.2) is 4.98 Å². The zero-order valence-corrected chi connectivity index (χ0v) is 23.0. The molecule has 2 aromatic heterocycles. The summed E-state index contributed by atoms with van der Waals surface area (Å²) in [6, 6.07) is 21.7. The van der Waals surface area contributed by atoms with Crippen molar-refractivity contribution in [1.29, 1.82) is 0 Å². The van der Waals surface area contributed by atoms with Crippen molar-refractivity contribution in [3.8, 4) is 22.6 Å². The van der Waals surface area contributed by atoms with Crippen LogP contribution in [-0.4, -0.2) is 46.3 Å². The molecular weight excluding hydrogens is 496 g/mol. The van der Waals surface area contributed by atoms with Gasteiger partial charge in [0.25, 0.3) is 0 Å². The van der Waals surface area contributed by atoms with Crippen LogP contribution in [0.5, 0.6) is 11.5 Å². The molecule has 0 amide bonds. The molecule has 7 heteroatoms. The molecule has 2 saturated heterocycles. The Morgan fingerprint density at radius 2 is 1.73 bits per heavy atom. The van der Waals surface area contributed by atoms with Gasteiger partial charge in [-0.1, -0.05) is 30.3 Å². The number of aromatic nitrogens is 4. The molecule has 4 heterocycles. The molecule has 2 aliphatic heterocycles. The number of piperidine rings is 2. The number of aryl methyl sites for hydroxylation is 1. The summed E-state index contributed by atoms with van der Waals surface area (Å²) in [6.07, 6.45) is 9.61. The lowest BCUT2D eigenvalue weighted by Crippen LogP contribution is -2.41. The minimum atomic E-state index is -0.170. The Hall–Kier alpha value is -4.10. The van der Waals surface area contributed by atoms with Crippen LogP contribution in [0.25, 0.3) is 22.2 Å². The van der Waals surface area contributed by atoms with Crippen molar-refractivity contribution >= 4 is 16.7 Å². The largest absolute Gasteiger partial charge is 0.457 e. The van der Waals surface area contributed by atoms with Crippen LogP contribution in [0.15, 0.2) is 73.1 Å². The standard InChI is InChI=1S/C33H36N6O/c1-23-18-29-30(20-31(23)40-28-7-5-6-27(19-28)39-16-3-2-4-17-39)38-32(37-29)33(12-14-34-15-13-33)26-10-8-24(9-11-26)25-21-35-36-22-25/h5-11,18-22,34H,2-4,12-17H2,1H3,(H,35,36)(H,37,38). The lowest BCUT2D eigenvalue weighted by atomic mass is 9.72. The van der Waals surface area contributed by atoms with Gasteiger partial charge in [0.05, 0.1) is 22.6 Å². The lowest BCUT2D eigenvalue weighted by Gasteiger charge is -2.36. The highest BCUT2D eigenvalue weighted by Crippen LogP contribution is 2.41. The number of ether oxygens (including phenoxy) is 1. The molecule has 0 unspecified atom stereocenters. The van der Waals surface area contributed by atoms with E-state index < -0.39 is 0 Å². The molecule has 0 radical (unpaired) electrons. The summed E-state index contributed by atoms with van der Waals surface area (Å²) in [5.41, 5.74) is 7.71. The Morgan fingerprint density at radius 3 is 2.50 bits per heavy atom. The molecule has 204 valence electrons. The fraction of sp³-hybridized carbons (Fsp3) is 0.333. The van der Waals surface area contributed by atoms with Gasteiger partial charge in [0.1, 0.15) is 17.3 Å². The van der Waals surface area contributed by atoms with Gasteiger partial charge >= 0.3 is 0 Å². The molecule has 5 aromatic rings. The summed E-state index contributed by atoms with van der Waals surface area (Å²) in [5.74, 6) is 2.75. The number of fused-ring (bicyclic) bond motifs is 1. The maximum atomic E-state index is 6.46. The van der Waals surface area contributed by atoms with E-state index in [0.717, 1.165) is 84.1 Å². The number of nitrogens with one attached hydrogen (secondary N) is 3. The Bertz CT molecular complexity index is 1590. The van der Waals surface area contributed by atoms with Crippen LogP contribution >= 0.6 is 0 Å². The van der Waals surface area contributed by atoms with Gasteiger partial charge in [0.2, 0.25) is 0 Å². The summed E-state index contributed by atoms with van der Waals surface area (Å²) >= 11 is 0. The second-order valence-corrected chi connectivity index (χ2v) is 11.3. The summed E-state index contributed by atoms with van der Waals surface area (Å²) in [5, 5.41) is 10.6. The van der Waals surface area contributed by atoms with Crippen molar-refractivity contribution in [3.63, 3.8) is 0 Å². The average Bonchev–Trinajstić information content (AvgIpc) is 3.69. The van der Waals surface area contributed by atoms with Crippen LogP contribution in [0.3, 0.4) is 0 Å². The smallest absolute Gasteiger partial charge is 0.132 e. The second kappa shape index (κ2) is 10.5. The predicted molar refractivity (Wildman–Crippen MR) is 160 cm³/mol. The maximum Gasteiger partial charge on any atom is 0.132 e. The van der Waals surface area contributed by atoms with Gasteiger partial charge in [0, 0.05) is 42.7 Å². The summed E-state index contributed by atoms with van der Waals surface area (Å²) in [7, 11) is 0. The first-order valence-electron chi connectivity index (χ1n) is 14.5. The lowest BCUT2D eigenvalue weighted by molar-refractivity contribution is 0.348. The van der Waals surface area contributed by atoms with Crippen molar-refractivity contribution in [2.45, 2.75) is 44.4 Å². The summed E-state index contributed by atoms with van der Waals surface area (Å²) < 4.78 is 6.46. The Morgan fingerprint density at radius 1 is 0.900 bits per heavy atom. The molecule has 2 fully saturated rings. The fourth-order valence-corrected chi connectivity index (χ4v) is 6.41. The number of aromatic amines is 2. The molecule has 2 aliphatic rings. The number of imidazole rings is 1. The molecule has 0 aliphatic carbocycles. The van der Waals surface area contributed by atoms with E-state index in [1.165, 1.54) is 30.5 Å². The van der Waals surface area contributed by atoms with Gasteiger partial charge in [-0.3, -0.25) is 5.10 Å². The summed E-state index contributed by atoms with van der Waals surface area (Å²) in [4.78, 5) is 11.4. The monoisotopic (exact) mass is 532 g/mol. The van der Waals surface area contributed by atoms with Gasteiger partial charge in [-0.05, 0) is 87.0 Å². The third-order valence-electron chi connectivity index (χ3n) is 8.72. The topological polar surface area (TPSA) is 81.9 Å². The molecule has 0 atom stereocenters. The SMILES string of the molecule is Cc1cc2[nH]c(C3(c4ccc(-c5cn[nH]c5)cc4)CCNCC3)nc2cc1Oc1cccc(N2CCCCC2)c1. The molecule has 0 saturated carbocycles. The molecule has 7 rings (SSSR count). The van der Waals surface area contributed by atoms with E-state index >= 15 is 0 Å². The van der Waals surface area contributed by atoms with Crippen molar-refractivity contribution in [1.82, 2.24) is 25.5 Å². The highest BCUT2D eigenvalue weighted by molar-refractivity contribution is 5.79. The predicted octanol–water partition coefficient (Wildman–Crippen LogP) is 6.71. The Kier molecular flexibility index (Phi) is 6.52. The third-order valence-corrected chi connectivity index (χ3v) is 8.72. The van der Waals surface area contributed by atoms with E-state index in [0.29, 0.717) is 0 Å². The Balaban J connectivity index is 1.20. The average molecular weight is 533 g/mol. The molecule has 0 bridgehead atoms. The van der Waals surface area contributed by atoms with E-state index in [4.69, 9.17) is 9.72 Å². The maximum absolute atomic E-state index is 6.46. The van der Waals surface area contributed by atoms with Gasteiger partial charge in [-0.15, -0.1) is 0 Å². The van der Waals surface area contributed by atoms with E-state index in [9.17, 15) is 0 Å². The van der Waals surface area contributed by atoms with Crippen molar-refractivity contribution < 1.29 is 4.74 Å². The zero-order valence-electron chi connectivity index (χ0n) is 23.0. The summed E-state index contributed by atoms with van der Waals surface area (Å²) in [6.45, 7) is 6.27. The first-order chi connectivity index (χ1) is 19.7. The van der Waals surface area contributed by atoms with Crippen molar-refractivity contribution in [2.24, 2.45) is 0 Å². The first-order valence-corrected chi connectivity index (χ1v) is 14.5. The molecule has 0 spiro atoms. The quantitative estimate of drug-likeness (QED) is 0.226. The van der Waals surface area contributed by atoms with Crippen LogP contribution in [-0.2, 0) is 5.41 Å². The van der Waals surface area contributed by atoms with E-state index in [1.54, 1.807) is 0 Å². The van der Waals surface area contributed by atoms with Crippen LogP contribution < -0.4 is 15.0 Å². The minimum absolute atomic E-state index is 0.170. The van der Waals surface area contributed by atoms with Gasteiger partial charge in [-0.2, -0.15) is 5.10 Å². The first kappa shape index (κ1) is 24.9. The zero-order chi connectivity index (χ0) is 26.9. The van der Waals surface area contributed by atoms with Gasteiger partial charge < -0.3 is 19.9 Å². The van der Waals surface area contributed by atoms with Crippen LogP contribution in [0.2, 0.25) is 0 Å². The number of hydrogen-bond acceptors (Lipinski definition) is 5. The molecule has 7 nitrogen and oxygen atoms in total. The highest BCUT2D eigenvalue weighted by atomic mass is 16.5. The number of rotatable bonds is 6. The Labute approximate surface area is 235 Å². The van der Waals surface area contributed by atoms with Crippen molar-refractivity contribution in [2.75, 3.05) is 31.1 Å². The molecular formula is C33H36N6O. The van der Waals surface area contributed by atoms with Gasteiger partial charge in [0.15, 0.2) is 0 Å². The van der Waals surface area contributed by atoms with E-state index in [-0.39, 0.29) is 5.41 Å². The third kappa shape index (κ3) is 4.64. The second-order valence-electron chi connectivity index (χ2n) is 11.3. The molecule has 3 aromatic carbocycles. The highest BCUT2D eigenvalue weighted by Gasteiger charge is 2.38. The number of H-pyrrole nitrogens is 2. The van der Waals surface area contributed by atoms with E-state index in [2.05, 4.69) is 86.9 Å². The van der Waals surface area contributed by atoms with Crippen LogP contribution in [0.4, 0.5) is 5.69 Å². The van der Waals surface area contributed by atoms with Crippen LogP contribution in [0, 0.1) is 6.92 Å². The molecule has 3 N–H and O–H groups in total. The van der Waals surface area contributed by atoms with Crippen molar-refractivity contribution in [3.05, 3.63) is 90.0 Å². The normalized spacial score (nSPS) is 17.3. The van der Waals surface area contributed by atoms with Crippen LogP contribution in [0.1, 0.15) is 49.1 Å². The number of hydrogen-bond donors (Lipinski definition) is 3. The number of benzene rings is 3. The minimum Gasteiger partial charge on any atom is -0.457 e. The fourth-order valence-electron chi connectivity index (χ4n) is 6.41. The van der Waals surface area contributed by atoms with E-state index in [1.807, 2.05) is 18.5 Å². The molecule has 40 heavy (non-hydrogen) atoms.